The van der Waals surface area contributed by atoms with Crippen LogP contribution < -0.4 is 22.5 Å². The molecule has 0 aromatic carbocycles. The number of hydrogen-bond acceptors (Lipinski definition) is 9. The smallest absolute Gasteiger partial charge is 0.279 e. The van der Waals surface area contributed by atoms with Gasteiger partial charge in [0.15, 0.2) is 22.3 Å². The predicted octanol–water partition coefficient (Wildman–Crippen LogP) is -0.864. The Morgan fingerprint density at radius 3 is 1.29 bits per heavy atom. The van der Waals surface area contributed by atoms with Crippen molar-refractivity contribution in [1.82, 2.24) is 38.2 Å². The Labute approximate surface area is 177 Å². The standard InChI is InChI=1S/C18H18N8O4S/c1-7-13(21-11-9(19-7)15(27)25(5)17(29)23(11)3)31-14-8(2)20-10-12(22-14)24(4)18(30)26(6)16(10)28/h1-6H3. The lowest BCUT2D eigenvalue weighted by Gasteiger charge is -2.12. The Kier molecular flexibility index (Phi) is 4.65. The van der Waals surface area contributed by atoms with Crippen molar-refractivity contribution < 1.29 is 0 Å². The van der Waals surface area contributed by atoms with Gasteiger partial charge in [-0.05, 0) is 25.6 Å². The summed E-state index contributed by atoms with van der Waals surface area (Å²) >= 11 is 1.12. The molecule has 0 unspecified atom stereocenters. The van der Waals surface area contributed by atoms with Gasteiger partial charge in [0.05, 0.1) is 11.4 Å². The maximum absolute atomic E-state index is 12.4. The van der Waals surface area contributed by atoms with E-state index >= 15 is 0 Å². The molecule has 0 fully saturated rings. The minimum Gasteiger partial charge on any atom is -0.279 e. The maximum Gasteiger partial charge on any atom is 0.332 e. The number of aromatic nitrogens is 8. The summed E-state index contributed by atoms with van der Waals surface area (Å²) in [4.78, 5) is 67.0. The molecule has 4 heterocycles. The molecule has 4 rings (SSSR count). The fraction of sp³-hybridized carbons (Fsp3) is 0.333. The monoisotopic (exact) mass is 442 g/mol. The quantitative estimate of drug-likeness (QED) is 0.388. The van der Waals surface area contributed by atoms with Crippen molar-refractivity contribution in [2.24, 2.45) is 28.2 Å². The van der Waals surface area contributed by atoms with Crippen molar-refractivity contribution in [3.8, 4) is 0 Å². The summed E-state index contributed by atoms with van der Waals surface area (Å²) in [5.41, 5.74) is -0.700. The number of rotatable bonds is 2. The molecule has 0 atom stereocenters. The van der Waals surface area contributed by atoms with E-state index in [1.807, 2.05) is 0 Å². The van der Waals surface area contributed by atoms with Crippen LogP contribution >= 0.6 is 11.8 Å². The zero-order valence-electron chi connectivity index (χ0n) is 17.6. The van der Waals surface area contributed by atoms with E-state index in [0.29, 0.717) is 21.4 Å². The van der Waals surface area contributed by atoms with Gasteiger partial charge in [-0.15, -0.1) is 0 Å². The van der Waals surface area contributed by atoms with Crippen molar-refractivity contribution in [3.05, 3.63) is 53.1 Å². The minimum absolute atomic E-state index is 0.0821. The van der Waals surface area contributed by atoms with E-state index in [0.717, 1.165) is 20.9 Å². The molecule has 0 spiro atoms. The first-order chi connectivity index (χ1) is 14.5. The van der Waals surface area contributed by atoms with E-state index in [9.17, 15) is 19.2 Å². The van der Waals surface area contributed by atoms with Crippen molar-refractivity contribution in [2.75, 3.05) is 0 Å². The van der Waals surface area contributed by atoms with Gasteiger partial charge in [0, 0.05) is 28.2 Å². The molecular weight excluding hydrogens is 424 g/mol. The molecular formula is C18H18N8O4S. The molecule has 0 amide bonds. The highest BCUT2D eigenvalue weighted by Crippen LogP contribution is 2.29. The van der Waals surface area contributed by atoms with Gasteiger partial charge in [-0.1, -0.05) is 0 Å². The third-order valence-corrected chi connectivity index (χ3v) is 6.17. The second-order valence-corrected chi connectivity index (χ2v) is 8.06. The summed E-state index contributed by atoms with van der Waals surface area (Å²) in [6.07, 6.45) is 0. The first kappa shape index (κ1) is 20.7. The van der Waals surface area contributed by atoms with E-state index < -0.39 is 22.5 Å². The van der Waals surface area contributed by atoms with Crippen LogP contribution in [0.2, 0.25) is 0 Å². The van der Waals surface area contributed by atoms with Crippen LogP contribution in [-0.2, 0) is 28.2 Å². The largest absolute Gasteiger partial charge is 0.332 e. The average Bonchev–Trinajstić information content (AvgIpc) is 2.75. The summed E-state index contributed by atoms with van der Waals surface area (Å²) in [5.74, 6) is 0. The van der Waals surface area contributed by atoms with Crippen LogP contribution in [0.15, 0.2) is 29.2 Å². The van der Waals surface area contributed by atoms with Gasteiger partial charge in [0.25, 0.3) is 11.1 Å². The van der Waals surface area contributed by atoms with E-state index in [1.165, 1.54) is 37.3 Å². The molecule has 12 nitrogen and oxygen atoms in total. The summed E-state index contributed by atoms with van der Waals surface area (Å²) in [6.45, 7) is 3.38. The van der Waals surface area contributed by atoms with Gasteiger partial charge in [0.2, 0.25) is 0 Å². The van der Waals surface area contributed by atoms with Gasteiger partial charge >= 0.3 is 11.4 Å². The molecule has 0 N–H and O–H groups in total. The minimum atomic E-state index is -0.530. The molecule has 13 heteroatoms. The second-order valence-electron chi connectivity index (χ2n) is 7.09. The summed E-state index contributed by atoms with van der Waals surface area (Å²) in [6, 6.07) is 0. The zero-order valence-corrected chi connectivity index (χ0v) is 18.4. The molecule has 0 saturated carbocycles. The molecule has 4 aromatic heterocycles. The summed E-state index contributed by atoms with van der Waals surface area (Å²) < 4.78 is 4.45. The first-order valence-electron chi connectivity index (χ1n) is 9.09. The van der Waals surface area contributed by atoms with Crippen LogP contribution in [0.3, 0.4) is 0 Å². The average molecular weight is 442 g/mol. The number of hydrogen-bond donors (Lipinski definition) is 0. The van der Waals surface area contributed by atoms with Gasteiger partial charge in [-0.3, -0.25) is 27.9 Å². The highest BCUT2D eigenvalue weighted by Gasteiger charge is 2.19. The third-order valence-electron chi connectivity index (χ3n) is 5.01. The van der Waals surface area contributed by atoms with E-state index in [2.05, 4.69) is 19.9 Å². The Balaban J connectivity index is 1.96. The van der Waals surface area contributed by atoms with Crippen LogP contribution in [0.4, 0.5) is 0 Å². The topological polar surface area (TPSA) is 140 Å². The lowest BCUT2D eigenvalue weighted by molar-refractivity contribution is 0.698. The van der Waals surface area contributed by atoms with Crippen LogP contribution in [-0.4, -0.2) is 38.2 Å². The Bertz CT molecular complexity index is 1540. The molecule has 0 aliphatic rings. The van der Waals surface area contributed by atoms with Crippen LogP contribution in [0.25, 0.3) is 22.3 Å². The van der Waals surface area contributed by atoms with E-state index in [4.69, 9.17) is 0 Å². The fourth-order valence-electron chi connectivity index (χ4n) is 3.15. The molecule has 4 aromatic rings. The van der Waals surface area contributed by atoms with E-state index in [1.54, 1.807) is 13.8 Å². The Hall–Kier alpha value is -3.61. The summed E-state index contributed by atoms with van der Waals surface area (Å²) in [7, 11) is 5.78. The van der Waals surface area contributed by atoms with Gasteiger partial charge < -0.3 is 0 Å². The molecule has 0 aliphatic carbocycles. The van der Waals surface area contributed by atoms with Crippen LogP contribution in [0.1, 0.15) is 11.4 Å². The number of nitrogens with zero attached hydrogens (tertiary/aromatic N) is 8. The lowest BCUT2D eigenvalue weighted by Crippen LogP contribution is -2.38. The SMILES string of the molecule is Cc1nc2c(=O)n(C)c(=O)n(C)c2nc1Sc1nc2c(nc1C)c(=O)n(C)c(=O)n2C. The van der Waals surface area contributed by atoms with Crippen molar-refractivity contribution in [3.63, 3.8) is 0 Å². The lowest BCUT2D eigenvalue weighted by atomic mass is 10.4. The highest BCUT2D eigenvalue weighted by molar-refractivity contribution is 7.99. The normalized spacial score (nSPS) is 11.5. The van der Waals surface area contributed by atoms with Crippen molar-refractivity contribution >= 4 is 34.1 Å². The molecule has 0 bridgehead atoms. The van der Waals surface area contributed by atoms with Gasteiger partial charge in [-0.2, -0.15) is 0 Å². The summed E-state index contributed by atoms with van der Waals surface area (Å²) in [5, 5.41) is 0.836. The number of fused-ring (bicyclic) bond motifs is 2. The van der Waals surface area contributed by atoms with Gasteiger partial charge in [-0.25, -0.2) is 29.5 Å². The van der Waals surface area contributed by atoms with Crippen LogP contribution in [0, 0.1) is 13.8 Å². The van der Waals surface area contributed by atoms with E-state index in [-0.39, 0.29) is 22.3 Å². The Morgan fingerprint density at radius 1 is 0.581 bits per heavy atom. The molecule has 160 valence electrons. The zero-order chi connectivity index (χ0) is 22.8. The molecule has 0 radical (unpaired) electrons. The second kappa shape index (κ2) is 6.97. The fourth-order valence-corrected chi connectivity index (χ4v) is 3.99. The Morgan fingerprint density at radius 2 is 0.935 bits per heavy atom. The van der Waals surface area contributed by atoms with Crippen molar-refractivity contribution in [2.45, 2.75) is 23.9 Å². The number of aryl methyl sites for hydroxylation is 4. The maximum atomic E-state index is 12.4. The van der Waals surface area contributed by atoms with Crippen LogP contribution in [0.5, 0.6) is 0 Å². The first-order valence-corrected chi connectivity index (χ1v) is 9.91. The molecule has 0 saturated heterocycles. The molecule has 31 heavy (non-hydrogen) atoms. The van der Waals surface area contributed by atoms with Crippen molar-refractivity contribution in [1.29, 1.82) is 0 Å². The predicted molar refractivity (Wildman–Crippen MR) is 114 cm³/mol. The highest BCUT2D eigenvalue weighted by atomic mass is 32.2. The third kappa shape index (κ3) is 3.00. The van der Waals surface area contributed by atoms with Gasteiger partial charge in [0.1, 0.15) is 10.1 Å². The molecule has 0 aliphatic heterocycles.